The Bertz CT molecular complexity index is 639. The number of halogens is 2. The lowest BCUT2D eigenvalue weighted by Crippen LogP contribution is -2.39. The Morgan fingerprint density at radius 3 is 1.95 bits per heavy atom. The van der Waals surface area contributed by atoms with Gasteiger partial charge in [-0.15, -0.1) is 0 Å². The maximum absolute atomic E-state index is 13.0. The number of rotatable bonds is 5. The fourth-order valence-corrected chi connectivity index (χ4v) is 5.50. The summed E-state index contributed by atoms with van der Waals surface area (Å²) in [6.45, 7) is 2.68. The predicted octanol–water partition coefficient (Wildman–Crippen LogP) is 2.09. The van der Waals surface area contributed by atoms with Gasteiger partial charge in [0.1, 0.15) is 5.82 Å². The molecule has 108 valence electrons. The van der Waals surface area contributed by atoms with Crippen LogP contribution in [0.3, 0.4) is 0 Å². The van der Waals surface area contributed by atoms with Crippen LogP contribution in [0.15, 0.2) is 22.7 Å². The molecule has 1 aromatic rings. The number of sulfonamides is 2. The average molecular weight is 374 g/mol. The van der Waals surface area contributed by atoms with E-state index in [9.17, 15) is 21.2 Å². The van der Waals surface area contributed by atoms with Gasteiger partial charge in [-0.3, -0.25) is 0 Å². The summed E-state index contributed by atoms with van der Waals surface area (Å²) in [7, 11) is -8.05. The van der Waals surface area contributed by atoms with E-state index in [1.54, 1.807) is 0 Å². The third-order valence-corrected chi connectivity index (χ3v) is 7.20. The molecule has 9 heteroatoms. The smallest absolute Gasteiger partial charge is 0.207 e. The molecule has 5 nitrogen and oxygen atoms in total. The van der Waals surface area contributed by atoms with Crippen LogP contribution in [-0.4, -0.2) is 28.3 Å². The van der Waals surface area contributed by atoms with Crippen molar-refractivity contribution >= 4 is 41.7 Å². The van der Waals surface area contributed by atoms with Crippen molar-refractivity contribution in [3.05, 3.63) is 28.5 Å². The molecule has 0 bridgehead atoms. The lowest BCUT2D eigenvalue weighted by Gasteiger charge is -2.23. The first-order chi connectivity index (χ1) is 8.65. The molecule has 0 N–H and O–H groups in total. The fourth-order valence-electron chi connectivity index (χ4n) is 1.34. The molecule has 0 spiro atoms. The van der Waals surface area contributed by atoms with E-state index in [-0.39, 0.29) is 21.7 Å². The molecule has 1 aromatic carbocycles. The van der Waals surface area contributed by atoms with Gasteiger partial charge < -0.3 is 0 Å². The normalized spacial score (nSPS) is 12.4. The Labute approximate surface area is 120 Å². The number of benzene rings is 1. The van der Waals surface area contributed by atoms with E-state index < -0.39 is 25.9 Å². The van der Waals surface area contributed by atoms with E-state index >= 15 is 0 Å². The number of nitrogens with zero attached hydrogens (tertiary/aromatic N) is 1. The molecule has 1 rings (SSSR count). The van der Waals surface area contributed by atoms with Crippen molar-refractivity contribution in [2.75, 3.05) is 15.2 Å². The van der Waals surface area contributed by atoms with E-state index in [0.717, 1.165) is 18.2 Å². The standard InChI is InChI=1S/C10H13BrFNO4S2/c1-3-18(14,15)13(19(16,17)4-2)10-6-5-8(12)7-9(10)11/h5-7H,3-4H2,1-2H3. The molecule has 0 amide bonds. The first kappa shape index (κ1) is 16.4. The van der Waals surface area contributed by atoms with Gasteiger partial charge in [0.2, 0.25) is 20.0 Å². The second kappa shape index (κ2) is 5.76. The van der Waals surface area contributed by atoms with Gasteiger partial charge in [-0.2, -0.15) is 3.71 Å². The zero-order chi connectivity index (χ0) is 14.8. The Morgan fingerprint density at radius 2 is 1.58 bits per heavy atom. The average Bonchev–Trinajstić information content (AvgIpc) is 2.32. The largest absolute Gasteiger partial charge is 0.247 e. The van der Waals surface area contributed by atoms with Crippen molar-refractivity contribution in [3.63, 3.8) is 0 Å². The Hall–Kier alpha value is -0.670. The highest BCUT2D eigenvalue weighted by molar-refractivity contribution is 9.10. The van der Waals surface area contributed by atoms with Gasteiger partial charge >= 0.3 is 0 Å². The van der Waals surface area contributed by atoms with E-state index in [1.807, 2.05) is 0 Å². The van der Waals surface area contributed by atoms with Crippen molar-refractivity contribution in [2.45, 2.75) is 13.8 Å². The minimum absolute atomic E-state index is 0.0570. The SMILES string of the molecule is CCS(=O)(=O)N(c1ccc(F)cc1Br)S(=O)(=O)CC. The van der Waals surface area contributed by atoms with Gasteiger partial charge in [0.15, 0.2) is 0 Å². The summed E-state index contributed by atoms with van der Waals surface area (Å²) in [6, 6.07) is 3.13. The van der Waals surface area contributed by atoms with Gasteiger partial charge in [0.25, 0.3) is 0 Å². The summed E-state index contributed by atoms with van der Waals surface area (Å²) >= 11 is 2.98. The highest BCUT2D eigenvalue weighted by atomic mass is 79.9. The predicted molar refractivity (Wildman–Crippen MR) is 75.5 cm³/mol. The van der Waals surface area contributed by atoms with Crippen LogP contribution in [0.5, 0.6) is 0 Å². The third-order valence-electron chi connectivity index (χ3n) is 2.34. The molecule has 0 heterocycles. The van der Waals surface area contributed by atoms with Crippen LogP contribution in [0.1, 0.15) is 13.8 Å². The molecule has 0 radical (unpaired) electrons. The molecule has 0 saturated heterocycles. The molecule has 0 saturated carbocycles. The van der Waals surface area contributed by atoms with E-state index in [0.29, 0.717) is 3.71 Å². The summed E-state index contributed by atoms with van der Waals surface area (Å²) in [6.07, 6.45) is 0. The van der Waals surface area contributed by atoms with Crippen LogP contribution >= 0.6 is 15.9 Å². The molecule has 19 heavy (non-hydrogen) atoms. The lowest BCUT2D eigenvalue weighted by atomic mass is 10.3. The Morgan fingerprint density at radius 1 is 1.11 bits per heavy atom. The lowest BCUT2D eigenvalue weighted by molar-refractivity contribution is 0.585. The molecule has 0 atom stereocenters. The molecule has 0 fully saturated rings. The molecule has 0 unspecified atom stereocenters. The minimum atomic E-state index is -4.03. The third kappa shape index (κ3) is 3.46. The summed E-state index contributed by atoms with van der Waals surface area (Å²) in [5.41, 5.74) is -0.120. The fraction of sp³-hybridized carbons (Fsp3) is 0.400. The molecule has 0 aliphatic carbocycles. The van der Waals surface area contributed by atoms with E-state index in [1.165, 1.54) is 13.8 Å². The topological polar surface area (TPSA) is 71.5 Å². The molecule has 0 aliphatic rings. The zero-order valence-electron chi connectivity index (χ0n) is 10.3. The molecular formula is C10H13BrFNO4S2. The van der Waals surface area contributed by atoms with Crippen LogP contribution in [0, 0.1) is 5.82 Å². The van der Waals surface area contributed by atoms with Crippen molar-refractivity contribution < 1.29 is 21.2 Å². The Kier molecular flexibility index (Phi) is 4.97. The van der Waals surface area contributed by atoms with Gasteiger partial charge in [-0.25, -0.2) is 21.2 Å². The summed E-state index contributed by atoms with van der Waals surface area (Å²) in [4.78, 5) is 0. The Balaban J connectivity index is 3.59. The second-order valence-electron chi connectivity index (χ2n) is 3.59. The van der Waals surface area contributed by atoms with Crippen LogP contribution in [0.25, 0.3) is 0 Å². The zero-order valence-corrected chi connectivity index (χ0v) is 13.5. The molecule has 0 aliphatic heterocycles. The van der Waals surface area contributed by atoms with E-state index in [4.69, 9.17) is 0 Å². The number of hydrogen-bond donors (Lipinski definition) is 0. The van der Waals surface area contributed by atoms with Crippen molar-refractivity contribution in [2.24, 2.45) is 0 Å². The molecular weight excluding hydrogens is 361 g/mol. The minimum Gasteiger partial charge on any atom is -0.207 e. The second-order valence-corrected chi connectivity index (χ2v) is 8.89. The van der Waals surface area contributed by atoms with Gasteiger partial charge in [-0.1, -0.05) is 0 Å². The molecule has 0 aromatic heterocycles. The number of anilines is 1. The first-order valence-electron chi connectivity index (χ1n) is 5.36. The summed E-state index contributed by atoms with van der Waals surface area (Å²) < 4.78 is 61.3. The highest BCUT2D eigenvalue weighted by Crippen LogP contribution is 2.31. The summed E-state index contributed by atoms with van der Waals surface area (Å²) in [5, 5.41) is 0. The van der Waals surface area contributed by atoms with Crippen LogP contribution in [-0.2, 0) is 20.0 Å². The van der Waals surface area contributed by atoms with Crippen molar-refractivity contribution in [3.8, 4) is 0 Å². The van der Waals surface area contributed by atoms with Gasteiger partial charge in [0, 0.05) is 4.47 Å². The van der Waals surface area contributed by atoms with Crippen molar-refractivity contribution in [1.82, 2.24) is 0 Å². The van der Waals surface area contributed by atoms with Crippen LogP contribution in [0.2, 0.25) is 0 Å². The van der Waals surface area contributed by atoms with Gasteiger partial charge in [-0.05, 0) is 48.0 Å². The van der Waals surface area contributed by atoms with Gasteiger partial charge in [0.05, 0.1) is 17.2 Å². The van der Waals surface area contributed by atoms with Crippen molar-refractivity contribution in [1.29, 1.82) is 0 Å². The highest BCUT2D eigenvalue weighted by Gasteiger charge is 2.33. The maximum Gasteiger partial charge on any atom is 0.247 e. The first-order valence-corrected chi connectivity index (χ1v) is 9.37. The quantitative estimate of drug-likeness (QED) is 0.791. The summed E-state index contributed by atoms with van der Waals surface area (Å²) in [5.74, 6) is -1.36. The monoisotopic (exact) mass is 373 g/mol. The number of hydrogen-bond acceptors (Lipinski definition) is 4. The van der Waals surface area contributed by atoms with Crippen LogP contribution in [0.4, 0.5) is 10.1 Å². The maximum atomic E-state index is 13.0. The van der Waals surface area contributed by atoms with Crippen LogP contribution < -0.4 is 3.71 Å². The van der Waals surface area contributed by atoms with E-state index in [2.05, 4.69) is 15.9 Å².